The van der Waals surface area contributed by atoms with E-state index in [1.165, 1.54) is 24.3 Å². The van der Waals surface area contributed by atoms with Crippen LogP contribution >= 0.6 is 0 Å². The largest absolute Gasteiger partial charge is 0.484 e. The van der Waals surface area contributed by atoms with Gasteiger partial charge in [-0.2, -0.15) is 0 Å². The minimum atomic E-state index is -0.313. The summed E-state index contributed by atoms with van der Waals surface area (Å²) in [4.78, 5) is 16.6. The highest BCUT2D eigenvalue weighted by atomic mass is 19.1. The second-order valence-corrected chi connectivity index (χ2v) is 6.03. The van der Waals surface area contributed by atoms with E-state index in [1.54, 1.807) is 0 Å². The molecule has 2 aliphatic heterocycles. The highest BCUT2D eigenvalue weighted by molar-refractivity contribution is 5.77. The second-order valence-electron chi connectivity index (χ2n) is 6.03. The van der Waals surface area contributed by atoms with Gasteiger partial charge in [-0.05, 0) is 37.1 Å². The maximum absolute atomic E-state index is 12.8. The SMILES string of the molecule is O=C(COc1ccc(F)cc1)N1CCCN(C2CCOC2)CC1. The molecule has 3 rings (SSSR count). The van der Waals surface area contributed by atoms with E-state index in [-0.39, 0.29) is 18.3 Å². The van der Waals surface area contributed by atoms with Gasteiger partial charge in [0.1, 0.15) is 11.6 Å². The summed E-state index contributed by atoms with van der Waals surface area (Å²) < 4.78 is 23.7. The number of hydrogen-bond donors (Lipinski definition) is 0. The molecule has 2 aliphatic rings. The Morgan fingerprint density at radius 2 is 2.04 bits per heavy atom. The highest BCUT2D eigenvalue weighted by Crippen LogP contribution is 2.15. The van der Waals surface area contributed by atoms with Gasteiger partial charge in [-0.15, -0.1) is 0 Å². The molecule has 0 N–H and O–H groups in total. The van der Waals surface area contributed by atoms with Gasteiger partial charge in [0.2, 0.25) is 0 Å². The molecule has 1 amide bonds. The molecule has 1 aromatic rings. The summed E-state index contributed by atoms with van der Waals surface area (Å²) in [6.45, 7) is 5.03. The van der Waals surface area contributed by atoms with Gasteiger partial charge in [0.25, 0.3) is 5.91 Å². The molecule has 126 valence electrons. The number of rotatable bonds is 4. The Morgan fingerprint density at radius 3 is 2.78 bits per heavy atom. The molecule has 0 bridgehead atoms. The number of benzene rings is 1. The summed E-state index contributed by atoms with van der Waals surface area (Å²) in [5.74, 6) is 0.185. The lowest BCUT2D eigenvalue weighted by molar-refractivity contribution is -0.133. The Labute approximate surface area is 136 Å². The lowest BCUT2D eigenvalue weighted by Crippen LogP contribution is -2.41. The maximum Gasteiger partial charge on any atom is 0.260 e. The van der Waals surface area contributed by atoms with Crippen LogP contribution in [0.25, 0.3) is 0 Å². The number of carbonyl (C=O) groups is 1. The number of carbonyl (C=O) groups excluding carboxylic acids is 1. The van der Waals surface area contributed by atoms with Crippen molar-refractivity contribution in [2.24, 2.45) is 0 Å². The van der Waals surface area contributed by atoms with E-state index in [2.05, 4.69) is 4.90 Å². The van der Waals surface area contributed by atoms with E-state index in [9.17, 15) is 9.18 Å². The van der Waals surface area contributed by atoms with Crippen molar-refractivity contribution in [3.05, 3.63) is 30.1 Å². The van der Waals surface area contributed by atoms with E-state index < -0.39 is 0 Å². The molecule has 1 aromatic carbocycles. The third-order valence-corrected chi connectivity index (χ3v) is 4.48. The van der Waals surface area contributed by atoms with E-state index in [1.807, 2.05) is 4.90 Å². The molecular weight excluding hydrogens is 299 g/mol. The molecule has 0 saturated carbocycles. The van der Waals surface area contributed by atoms with Crippen LogP contribution in [0.4, 0.5) is 4.39 Å². The Bertz CT molecular complexity index is 517. The molecule has 1 atom stereocenters. The van der Waals surface area contributed by atoms with Crippen LogP contribution in [0.15, 0.2) is 24.3 Å². The number of ether oxygens (including phenoxy) is 2. The van der Waals surface area contributed by atoms with Gasteiger partial charge in [0.15, 0.2) is 6.61 Å². The summed E-state index contributed by atoms with van der Waals surface area (Å²) >= 11 is 0. The molecule has 2 saturated heterocycles. The first-order chi connectivity index (χ1) is 11.2. The van der Waals surface area contributed by atoms with Gasteiger partial charge in [-0.1, -0.05) is 0 Å². The van der Waals surface area contributed by atoms with Crippen molar-refractivity contribution in [2.45, 2.75) is 18.9 Å². The van der Waals surface area contributed by atoms with E-state index in [4.69, 9.17) is 9.47 Å². The fourth-order valence-electron chi connectivity index (χ4n) is 3.13. The van der Waals surface area contributed by atoms with Crippen molar-refractivity contribution in [1.29, 1.82) is 0 Å². The van der Waals surface area contributed by atoms with Crippen LogP contribution in [-0.4, -0.2) is 67.7 Å². The molecule has 0 aromatic heterocycles. The van der Waals surface area contributed by atoms with Crippen LogP contribution in [0, 0.1) is 5.82 Å². The highest BCUT2D eigenvalue weighted by Gasteiger charge is 2.26. The molecule has 0 radical (unpaired) electrons. The Balaban J connectivity index is 1.46. The van der Waals surface area contributed by atoms with Gasteiger partial charge in [-0.25, -0.2) is 4.39 Å². The zero-order valence-corrected chi connectivity index (χ0v) is 13.2. The summed E-state index contributed by atoms with van der Waals surface area (Å²) in [6.07, 6.45) is 2.06. The van der Waals surface area contributed by atoms with Crippen molar-refractivity contribution >= 4 is 5.91 Å². The smallest absolute Gasteiger partial charge is 0.260 e. The predicted molar refractivity (Wildman–Crippen MR) is 83.9 cm³/mol. The van der Waals surface area contributed by atoms with E-state index in [0.717, 1.165) is 52.2 Å². The lowest BCUT2D eigenvalue weighted by Gasteiger charge is -2.26. The Kier molecular flexibility index (Phi) is 5.46. The molecular formula is C17H23FN2O3. The van der Waals surface area contributed by atoms with Gasteiger partial charge in [0, 0.05) is 38.8 Å². The van der Waals surface area contributed by atoms with Crippen LogP contribution in [0.1, 0.15) is 12.8 Å². The first-order valence-corrected chi connectivity index (χ1v) is 8.20. The van der Waals surface area contributed by atoms with Crippen molar-refractivity contribution in [3.63, 3.8) is 0 Å². The minimum absolute atomic E-state index is 0.00181. The second kappa shape index (κ2) is 7.75. The third kappa shape index (κ3) is 4.42. The Morgan fingerprint density at radius 1 is 1.22 bits per heavy atom. The van der Waals surface area contributed by atoms with Gasteiger partial charge in [0.05, 0.1) is 6.61 Å². The normalized spacial score (nSPS) is 22.8. The Hall–Kier alpha value is -1.66. The number of nitrogens with zero attached hydrogens (tertiary/aromatic N) is 2. The average molecular weight is 322 g/mol. The monoisotopic (exact) mass is 322 g/mol. The van der Waals surface area contributed by atoms with Crippen molar-refractivity contribution in [3.8, 4) is 5.75 Å². The van der Waals surface area contributed by atoms with Gasteiger partial charge in [-0.3, -0.25) is 9.69 Å². The summed E-state index contributed by atoms with van der Waals surface area (Å²) in [5.41, 5.74) is 0. The molecule has 0 aliphatic carbocycles. The number of amides is 1. The molecule has 0 spiro atoms. The number of hydrogen-bond acceptors (Lipinski definition) is 4. The van der Waals surface area contributed by atoms with Crippen LogP contribution < -0.4 is 4.74 Å². The standard InChI is InChI=1S/C17H23FN2O3/c18-14-2-4-16(5-3-14)23-13-17(21)20-8-1-7-19(9-10-20)15-6-11-22-12-15/h2-5,15H,1,6-13H2. The maximum atomic E-state index is 12.8. The molecule has 2 heterocycles. The summed E-state index contributed by atoms with van der Waals surface area (Å²) in [7, 11) is 0. The molecule has 2 fully saturated rings. The minimum Gasteiger partial charge on any atom is -0.484 e. The van der Waals surface area contributed by atoms with Crippen LogP contribution in [0.3, 0.4) is 0 Å². The quantitative estimate of drug-likeness (QED) is 0.843. The van der Waals surface area contributed by atoms with Gasteiger partial charge < -0.3 is 14.4 Å². The zero-order valence-electron chi connectivity index (χ0n) is 13.2. The van der Waals surface area contributed by atoms with Crippen LogP contribution in [0.5, 0.6) is 5.75 Å². The van der Waals surface area contributed by atoms with Crippen LogP contribution in [-0.2, 0) is 9.53 Å². The number of halogens is 1. The summed E-state index contributed by atoms with van der Waals surface area (Å²) in [6, 6.07) is 6.22. The van der Waals surface area contributed by atoms with E-state index in [0.29, 0.717) is 11.8 Å². The molecule has 5 nitrogen and oxygen atoms in total. The van der Waals surface area contributed by atoms with Crippen molar-refractivity contribution in [1.82, 2.24) is 9.80 Å². The fraction of sp³-hybridized carbons (Fsp3) is 0.588. The average Bonchev–Trinajstić information content (AvgIpc) is 2.98. The van der Waals surface area contributed by atoms with Gasteiger partial charge >= 0.3 is 0 Å². The fourth-order valence-corrected chi connectivity index (χ4v) is 3.13. The van der Waals surface area contributed by atoms with Crippen molar-refractivity contribution < 1.29 is 18.7 Å². The first-order valence-electron chi connectivity index (χ1n) is 8.20. The molecule has 6 heteroatoms. The summed E-state index contributed by atoms with van der Waals surface area (Å²) in [5, 5.41) is 0. The molecule has 23 heavy (non-hydrogen) atoms. The van der Waals surface area contributed by atoms with E-state index >= 15 is 0 Å². The zero-order chi connectivity index (χ0) is 16.1. The topological polar surface area (TPSA) is 42.0 Å². The first kappa shape index (κ1) is 16.2. The third-order valence-electron chi connectivity index (χ3n) is 4.48. The van der Waals surface area contributed by atoms with Crippen LogP contribution in [0.2, 0.25) is 0 Å². The lowest BCUT2D eigenvalue weighted by atomic mass is 10.2. The van der Waals surface area contributed by atoms with Crippen molar-refractivity contribution in [2.75, 3.05) is 46.0 Å². The predicted octanol–water partition coefficient (Wildman–Crippen LogP) is 1.53. The molecule has 1 unspecified atom stereocenters.